The lowest BCUT2D eigenvalue weighted by Crippen LogP contribution is -2.25. The van der Waals surface area contributed by atoms with Gasteiger partial charge in [0, 0.05) is 11.7 Å². The number of anilines is 2. The van der Waals surface area contributed by atoms with E-state index in [0.29, 0.717) is 16.9 Å². The highest BCUT2D eigenvalue weighted by atomic mass is 16.1. The molecule has 0 aliphatic rings. The van der Waals surface area contributed by atoms with Crippen molar-refractivity contribution in [1.82, 2.24) is 9.55 Å². The first-order valence-electron chi connectivity index (χ1n) is 7.00. The summed E-state index contributed by atoms with van der Waals surface area (Å²) >= 11 is 0. The third kappa shape index (κ3) is 2.52. The van der Waals surface area contributed by atoms with Crippen LogP contribution in [0.2, 0.25) is 0 Å². The molecule has 0 amide bonds. The highest BCUT2D eigenvalue weighted by Gasteiger charge is 2.13. The summed E-state index contributed by atoms with van der Waals surface area (Å²) in [6.07, 6.45) is 0. The number of hydrogen-bond acceptors (Lipinski definition) is 3. The lowest BCUT2D eigenvalue weighted by atomic mass is 10.2. The molecular weight excluding hydrogens is 262 g/mol. The van der Waals surface area contributed by atoms with Gasteiger partial charge in [-0.3, -0.25) is 9.36 Å². The zero-order chi connectivity index (χ0) is 14.8. The quantitative estimate of drug-likeness (QED) is 0.794. The van der Waals surface area contributed by atoms with E-state index in [1.165, 1.54) is 0 Å². The molecule has 4 nitrogen and oxygen atoms in total. The molecule has 1 aromatic heterocycles. The van der Waals surface area contributed by atoms with Crippen molar-refractivity contribution < 1.29 is 0 Å². The van der Waals surface area contributed by atoms with Gasteiger partial charge in [-0.1, -0.05) is 30.3 Å². The molecule has 3 aromatic rings. The summed E-state index contributed by atoms with van der Waals surface area (Å²) in [7, 11) is 0. The van der Waals surface area contributed by atoms with E-state index in [-0.39, 0.29) is 11.6 Å². The van der Waals surface area contributed by atoms with Crippen LogP contribution in [0.3, 0.4) is 0 Å². The lowest BCUT2D eigenvalue weighted by Gasteiger charge is -2.17. The lowest BCUT2D eigenvalue weighted by molar-refractivity contribution is 0.583. The molecule has 0 fully saturated rings. The topological polar surface area (TPSA) is 46.9 Å². The Morgan fingerprint density at radius 2 is 1.67 bits per heavy atom. The Morgan fingerprint density at radius 3 is 2.38 bits per heavy atom. The monoisotopic (exact) mass is 279 g/mol. The van der Waals surface area contributed by atoms with Gasteiger partial charge in [0.2, 0.25) is 5.95 Å². The van der Waals surface area contributed by atoms with Gasteiger partial charge in [-0.05, 0) is 38.1 Å². The van der Waals surface area contributed by atoms with Crippen LogP contribution < -0.4 is 10.9 Å². The second-order valence-corrected chi connectivity index (χ2v) is 5.21. The predicted octanol–water partition coefficient (Wildman–Crippen LogP) is 3.72. The SMILES string of the molecule is CC(C)n1c(Nc2ccccc2)nc2ccccc2c1=O. The van der Waals surface area contributed by atoms with Crippen molar-refractivity contribution in [3.05, 3.63) is 65.0 Å². The van der Waals surface area contributed by atoms with Crippen molar-refractivity contribution >= 4 is 22.5 Å². The second-order valence-electron chi connectivity index (χ2n) is 5.21. The number of para-hydroxylation sites is 2. The van der Waals surface area contributed by atoms with E-state index in [4.69, 9.17) is 0 Å². The van der Waals surface area contributed by atoms with Crippen LogP contribution in [-0.4, -0.2) is 9.55 Å². The third-order valence-corrected chi connectivity index (χ3v) is 3.35. The summed E-state index contributed by atoms with van der Waals surface area (Å²) < 4.78 is 1.69. The fourth-order valence-corrected chi connectivity index (χ4v) is 2.36. The van der Waals surface area contributed by atoms with Gasteiger partial charge in [0.05, 0.1) is 10.9 Å². The van der Waals surface area contributed by atoms with E-state index in [0.717, 1.165) is 5.69 Å². The first-order valence-corrected chi connectivity index (χ1v) is 7.00. The first kappa shape index (κ1) is 13.4. The van der Waals surface area contributed by atoms with Crippen LogP contribution >= 0.6 is 0 Å². The van der Waals surface area contributed by atoms with Crippen molar-refractivity contribution in [2.24, 2.45) is 0 Å². The van der Waals surface area contributed by atoms with Gasteiger partial charge < -0.3 is 5.32 Å². The van der Waals surface area contributed by atoms with E-state index >= 15 is 0 Å². The molecule has 0 aliphatic carbocycles. The van der Waals surface area contributed by atoms with Crippen LogP contribution in [-0.2, 0) is 0 Å². The molecular formula is C17H17N3O. The number of nitrogens with zero attached hydrogens (tertiary/aromatic N) is 2. The number of benzene rings is 2. The van der Waals surface area contributed by atoms with Gasteiger partial charge in [-0.15, -0.1) is 0 Å². The molecule has 0 radical (unpaired) electrons. The summed E-state index contributed by atoms with van der Waals surface area (Å²) in [5, 5.41) is 3.88. The van der Waals surface area contributed by atoms with Crippen LogP contribution in [0.5, 0.6) is 0 Å². The highest BCUT2D eigenvalue weighted by Crippen LogP contribution is 2.19. The third-order valence-electron chi connectivity index (χ3n) is 3.35. The van der Waals surface area contributed by atoms with Gasteiger partial charge in [-0.2, -0.15) is 0 Å². The molecule has 21 heavy (non-hydrogen) atoms. The molecule has 3 rings (SSSR count). The Labute approximate surface area is 123 Å². The molecule has 0 saturated carbocycles. The van der Waals surface area contributed by atoms with Gasteiger partial charge in [0.1, 0.15) is 0 Å². The Balaban J connectivity index is 2.21. The molecule has 0 aliphatic heterocycles. The standard InChI is InChI=1S/C17H17N3O/c1-12(2)20-16(21)14-10-6-7-11-15(14)19-17(20)18-13-8-4-3-5-9-13/h3-12H,1-2H3,(H,18,19). The predicted molar refractivity (Wildman–Crippen MR) is 86.1 cm³/mol. The maximum Gasteiger partial charge on any atom is 0.263 e. The van der Waals surface area contributed by atoms with Crippen molar-refractivity contribution in [2.75, 3.05) is 5.32 Å². The molecule has 106 valence electrons. The number of hydrogen-bond donors (Lipinski definition) is 1. The van der Waals surface area contributed by atoms with E-state index in [2.05, 4.69) is 10.3 Å². The number of fused-ring (bicyclic) bond motifs is 1. The van der Waals surface area contributed by atoms with Gasteiger partial charge in [0.25, 0.3) is 5.56 Å². The van der Waals surface area contributed by atoms with Crippen LogP contribution in [0.4, 0.5) is 11.6 Å². The summed E-state index contributed by atoms with van der Waals surface area (Å²) in [6, 6.07) is 17.2. The van der Waals surface area contributed by atoms with Gasteiger partial charge in [0.15, 0.2) is 0 Å². The number of nitrogens with one attached hydrogen (secondary N) is 1. The van der Waals surface area contributed by atoms with Crippen molar-refractivity contribution in [2.45, 2.75) is 19.9 Å². The first-order chi connectivity index (χ1) is 10.2. The molecule has 0 bridgehead atoms. The Hall–Kier alpha value is -2.62. The molecule has 1 N–H and O–H groups in total. The second kappa shape index (κ2) is 5.40. The molecule has 0 atom stereocenters. The minimum absolute atomic E-state index is 0.0194. The maximum absolute atomic E-state index is 12.7. The van der Waals surface area contributed by atoms with Crippen LogP contribution in [0.1, 0.15) is 19.9 Å². The normalized spacial score (nSPS) is 11.0. The molecule has 0 saturated heterocycles. The zero-order valence-electron chi connectivity index (χ0n) is 12.1. The van der Waals surface area contributed by atoms with E-state index in [1.807, 2.05) is 68.4 Å². The molecule has 2 aromatic carbocycles. The fourth-order valence-electron chi connectivity index (χ4n) is 2.36. The molecule has 1 heterocycles. The molecule has 4 heteroatoms. The Bertz CT molecular complexity index is 822. The van der Waals surface area contributed by atoms with Crippen molar-refractivity contribution in [3.8, 4) is 0 Å². The van der Waals surface area contributed by atoms with Crippen molar-refractivity contribution in [1.29, 1.82) is 0 Å². The summed E-state index contributed by atoms with van der Waals surface area (Å²) in [5.74, 6) is 0.569. The minimum atomic E-state index is -0.0194. The van der Waals surface area contributed by atoms with E-state index in [1.54, 1.807) is 4.57 Å². The Morgan fingerprint density at radius 1 is 1.00 bits per heavy atom. The largest absolute Gasteiger partial charge is 0.326 e. The molecule has 0 unspecified atom stereocenters. The average molecular weight is 279 g/mol. The fraction of sp³-hybridized carbons (Fsp3) is 0.176. The van der Waals surface area contributed by atoms with Gasteiger partial charge in [-0.25, -0.2) is 4.98 Å². The van der Waals surface area contributed by atoms with Crippen LogP contribution in [0.25, 0.3) is 10.9 Å². The van der Waals surface area contributed by atoms with Gasteiger partial charge >= 0.3 is 0 Å². The smallest absolute Gasteiger partial charge is 0.263 e. The minimum Gasteiger partial charge on any atom is -0.326 e. The summed E-state index contributed by atoms with van der Waals surface area (Å²) in [5.41, 5.74) is 1.60. The number of rotatable bonds is 3. The van der Waals surface area contributed by atoms with E-state index in [9.17, 15) is 4.79 Å². The number of aromatic nitrogens is 2. The van der Waals surface area contributed by atoms with Crippen LogP contribution in [0, 0.1) is 0 Å². The average Bonchev–Trinajstić information content (AvgIpc) is 2.48. The summed E-state index contributed by atoms with van der Waals surface area (Å²) in [6.45, 7) is 3.96. The van der Waals surface area contributed by atoms with Crippen molar-refractivity contribution in [3.63, 3.8) is 0 Å². The summed E-state index contributed by atoms with van der Waals surface area (Å²) in [4.78, 5) is 17.3. The Kier molecular flexibility index (Phi) is 3.44. The molecule has 0 spiro atoms. The van der Waals surface area contributed by atoms with E-state index < -0.39 is 0 Å². The highest BCUT2D eigenvalue weighted by molar-refractivity contribution is 5.79. The zero-order valence-corrected chi connectivity index (χ0v) is 12.1. The maximum atomic E-state index is 12.7. The van der Waals surface area contributed by atoms with Crippen LogP contribution in [0.15, 0.2) is 59.4 Å².